The first-order chi connectivity index (χ1) is 9.40. The molecule has 0 aliphatic carbocycles. The van der Waals surface area contributed by atoms with Gasteiger partial charge >= 0.3 is 5.97 Å². The molecule has 1 rings (SSSR count). The SMILES string of the molecule is CCC(COC)Nc1cc(C(=O)O)c([N+](=O)[O-])cc1F. The smallest absolute Gasteiger partial charge is 0.342 e. The number of aromatic carboxylic acids is 1. The average molecular weight is 286 g/mol. The number of hydrogen-bond acceptors (Lipinski definition) is 5. The van der Waals surface area contributed by atoms with E-state index in [-0.39, 0.29) is 11.7 Å². The normalized spacial score (nSPS) is 11.9. The lowest BCUT2D eigenvalue weighted by molar-refractivity contribution is -0.385. The van der Waals surface area contributed by atoms with E-state index in [0.717, 1.165) is 6.07 Å². The molecule has 7 nitrogen and oxygen atoms in total. The Morgan fingerprint density at radius 3 is 2.70 bits per heavy atom. The van der Waals surface area contributed by atoms with Gasteiger partial charge in [-0.2, -0.15) is 0 Å². The molecule has 1 unspecified atom stereocenters. The molecule has 0 fully saturated rings. The van der Waals surface area contributed by atoms with Crippen LogP contribution < -0.4 is 5.32 Å². The molecule has 0 bridgehead atoms. The predicted octanol–water partition coefficient (Wildman–Crippen LogP) is 2.27. The summed E-state index contributed by atoms with van der Waals surface area (Å²) < 4.78 is 18.7. The van der Waals surface area contributed by atoms with E-state index in [9.17, 15) is 19.3 Å². The van der Waals surface area contributed by atoms with Crippen LogP contribution in [0.1, 0.15) is 23.7 Å². The van der Waals surface area contributed by atoms with E-state index in [1.807, 2.05) is 6.92 Å². The quantitative estimate of drug-likeness (QED) is 0.589. The van der Waals surface area contributed by atoms with Gasteiger partial charge in [0.2, 0.25) is 0 Å². The monoisotopic (exact) mass is 286 g/mol. The van der Waals surface area contributed by atoms with Crippen LogP contribution in [0.3, 0.4) is 0 Å². The number of carboxylic acid groups (broad SMARTS) is 1. The Hall–Kier alpha value is -2.22. The van der Waals surface area contributed by atoms with E-state index >= 15 is 0 Å². The third-order valence-electron chi connectivity index (χ3n) is 2.73. The number of carboxylic acids is 1. The van der Waals surface area contributed by atoms with E-state index in [0.29, 0.717) is 19.1 Å². The van der Waals surface area contributed by atoms with Crippen LogP contribution in [-0.2, 0) is 4.74 Å². The highest BCUT2D eigenvalue weighted by atomic mass is 19.1. The lowest BCUT2D eigenvalue weighted by Crippen LogP contribution is -2.24. The summed E-state index contributed by atoms with van der Waals surface area (Å²) in [4.78, 5) is 20.8. The van der Waals surface area contributed by atoms with Crippen LogP contribution >= 0.6 is 0 Å². The van der Waals surface area contributed by atoms with E-state index in [2.05, 4.69) is 5.32 Å². The van der Waals surface area contributed by atoms with Crippen LogP contribution in [0.25, 0.3) is 0 Å². The number of nitrogens with zero attached hydrogens (tertiary/aromatic N) is 1. The van der Waals surface area contributed by atoms with Gasteiger partial charge in [0.15, 0.2) is 5.82 Å². The fraction of sp³-hybridized carbons (Fsp3) is 0.417. The van der Waals surface area contributed by atoms with Crippen LogP contribution in [-0.4, -0.2) is 35.8 Å². The molecular weight excluding hydrogens is 271 g/mol. The number of benzene rings is 1. The Labute approximate surface area is 114 Å². The molecular formula is C12H15FN2O5. The van der Waals surface area contributed by atoms with Gasteiger partial charge in [-0.1, -0.05) is 6.92 Å². The molecule has 0 saturated carbocycles. The largest absolute Gasteiger partial charge is 0.477 e. The first kappa shape index (κ1) is 15.8. The van der Waals surface area contributed by atoms with Crippen molar-refractivity contribution in [2.75, 3.05) is 19.0 Å². The molecule has 0 amide bonds. The summed E-state index contributed by atoms with van der Waals surface area (Å²) in [7, 11) is 1.49. The molecule has 0 saturated heterocycles. The first-order valence-electron chi connectivity index (χ1n) is 5.87. The standard InChI is InChI=1S/C12H15FN2O5/c1-3-7(6-20-2)14-10-4-8(12(16)17)11(15(18)19)5-9(10)13/h4-5,7,14H,3,6H2,1-2H3,(H,16,17). The van der Waals surface area contributed by atoms with Crippen LogP contribution in [0.15, 0.2) is 12.1 Å². The number of anilines is 1. The zero-order valence-corrected chi connectivity index (χ0v) is 11.1. The van der Waals surface area contributed by atoms with Gasteiger partial charge in [0.25, 0.3) is 5.69 Å². The van der Waals surface area contributed by atoms with Crippen molar-refractivity contribution < 1.29 is 24.0 Å². The summed E-state index contributed by atoms with van der Waals surface area (Å²) >= 11 is 0. The fourth-order valence-electron chi connectivity index (χ4n) is 1.68. The highest BCUT2D eigenvalue weighted by molar-refractivity contribution is 5.93. The van der Waals surface area contributed by atoms with Gasteiger partial charge in [-0.05, 0) is 12.5 Å². The highest BCUT2D eigenvalue weighted by Gasteiger charge is 2.24. The number of carbonyl (C=O) groups is 1. The van der Waals surface area contributed by atoms with Crippen LogP contribution in [0.2, 0.25) is 0 Å². The van der Waals surface area contributed by atoms with Crippen molar-refractivity contribution in [2.45, 2.75) is 19.4 Å². The molecule has 0 heterocycles. The molecule has 0 aromatic heterocycles. The van der Waals surface area contributed by atoms with E-state index in [1.165, 1.54) is 7.11 Å². The molecule has 0 aliphatic heterocycles. The number of ether oxygens (including phenoxy) is 1. The Kier molecular flexibility index (Phi) is 5.39. The lowest BCUT2D eigenvalue weighted by atomic mass is 10.1. The van der Waals surface area contributed by atoms with Gasteiger partial charge in [0.1, 0.15) is 5.56 Å². The Morgan fingerprint density at radius 1 is 1.60 bits per heavy atom. The minimum Gasteiger partial charge on any atom is -0.477 e. The average Bonchev–Trinajstić information content (AvgIpc) is 2.39. The zero-order chi connectivity index (χ0) is 15.3. The lowest BCUT2D eigenvalue weighted by Gasteiger charge is -2.18. The summed E-state index contributed by atoms with van der Waals surface area (Å²) in [5.74, 6) is -2.37. The molecule has 1 aromatic rings. The second-order valence-electron chi connectivity index (χ2n) is 4.12. The fourth-order valence-corrected chi connectivity index (χ4v) is 1.68. The molecule has 1 aromatic carbocycles. The van der Waals surface area contributed by atoms with E-state index < -0.39 is 28.0 Å². The summed E-state index contributed by atoms with van der Waals surface area (Å²) in [6, 6.07) is 1.30. The second kappa shape index (κ2) is 6.80. The molecule has 0 aliphatic rings. The molecule has 1 atom stereocenters. The van der Waals surface area contributed by atoms with Gasteiger partial charge < -0.3 is 15.2 Å². The molecule has 8 heteroatoms. The van der Waals surface area contributed by atoms with Crippen molar-refractivity contribution in [2.24, 2.45) is 0 Å². The topological polar surface area (TPSA) is 102 Å². The second-order valence-corrected chi connectivity index (χ2v) is 4.12. The van der Waals surface area contributed by atoms with Gasteiger partial charge in [-0.25, -0.2) is 9.18 Å². The number of nitro benzene ring substituents is 1. The number of hydrogen-bond donors (Lipinski definition) is 2. The zero-order valence-electron chi connectivity index (χ0n) is 11.1. The van der Waals surface area contributed by atoms with Crippen molar-refractivity contribution in [3.63, 3.8) is 0 Å². The minimum absolute atomic E-state index is 0.100. The van der Waals surface area contributed by atoms with Crippen molar-refractivity contribution in [3.05, 3.63) is 33.6 Å². The van der Waals surface area contributed by atoms with Gasteiger partial charge in [0.05, 0.1) is 23.3 Å². The highest BCUT2D eigenvalue weighted by Crippen LogP contribution is 2.27. The van der Waals surface area contributed by atoms with Crippen LogP contribution in [0, 0.1) is 15.9 Å². The van der Waals surface area contributed by atoms with E-state index in [1.54, 1.807) is 0 Å². The molecule has 0 radical (unpaired) electrons. The maximum atomic E-state index is 13.8. The Balaban J connectivity index is 3.18. The van der Waals surface area contributed by atoms with E-state index in [4.69, 9.17) is 9.84 Å². The predicted molar refractivity (Wildman–Crippen MR) is 69.6 cm³/mol. The van der Waals surface area contributed by atoms with Crippen LogP contribution in [0.5, 0.6) is 0 Å². The van der Waals surface area contributed by atoms with Crippen molar-refractivity contribution in [1.29, 1.82) is 0 Å². The van der Waals surface area contributed by atoms with Crippen molar-refractivity contribution >= 4 is 17.3 Å². The molecule has 2 N–H and O–H groups in total. The third-order valence-corrected chi connectivity index (χ3v) is 2.73. The molecule has 0 spiro atoms. The number of nitrogens with one attached hydrogen (secondary N) is 1. The molecule has 20 heavy (non-hydrogen) atoms. The number of rotatable bonds is 7. The summed E-state index contributed by atoms with van der Waals surface area (Å²) in [6.45, 7) is 2.15. The Morgan fingerprint density at radius 2 is 2.25 bits per heavy atom. The minimum atomic E-state index is -1.49. The maximum Gasteiger partial charge on any atom is 0.342 e. The van der Waals surface area contributed by atoms with Crippen molar-refractivity contribution in [1.82, 2.24) is 0 Å². The van der Waals surface area contributed by atoms with Gasteiger partial charge in [-0.3, -0.25) is 10.1 Å². The third kappa shape index (κ3) is 3.64. The van der Waals surface area contributed by atoms with Gasteiger partial charge in [0, 0.05) is 13.2 Å². The Bertz CT molecular complexity index is 521. The maximum absolute atomic E-state index is 13.8. The molecule has 110 valence electrons. The summed E-state index contributed by atoms with van der Waals surface area (Å²) in [6.07, 6.45) is 0.618. The van der Waals surface area contributed by atoms with Crippen molar-refractivity contribution in [3.8, 4) is 0 Å². The number of nitro groups is 1. The summed E-state index contributed by atoms with van der Waals surface area (Å²) in [5.41, 5.74) is -1.44. The van der Waals surface area contributed by atoms with Crippen LogP contribution in [0.4, 0.5) is 15.8 Å². The van der Waals surface area contributed by atoms with Gasteiger partial charge in [-0.15, -0.1) is 0 Å². The summed E-state index contributed by atoms with van der Waals surface area (Å²) in [5, 5.41) is 22.4. The number of methoxy groups -OCH3 is 1. The first-order valence-corrected chi connectivity index (χ1v) is 5.87. The number of halogens is 1.